The van der Waals surface area contributed by atoms with Crippen molar-refractivity contribution in [3.63, 3.8) is 0 Å². The van der Waals surface area contributed by atoms with E-state index in [4.69, 9.17) is 24.1 Å². The number of anilines is 1. The number of hydrogen-bond acceptors (Lipinski definition) is 9. The molecule has 0 aliphatic carbocycles. The van der Waals surface area contributed by atoms with Gasteiger partial charge >= 0.3 is 0 Å². The number of nitrogens with zero attached hydrogens (tertiary/aromatic N) is 5. The molecule has 6 rings (SSSR count). The molecule has 12 heteroatoms. The fourth-order valence-electron chi connectivity index (χ4n) is 5.89. The van der Waals surface area contributed by atoms with Crippen LogP contribution in [-0.2, 0) is 26.0 Å². The van der Waals surface area contributed by atoms with E-state index in [1.54, 1.807) is 21.0 Å². The maximum atomic E-state index is 14.4. The molecule has 0 spiro atoms. The van der Waals surface area contributed by atoms with Gasteiger partial charge in [0.1, 0.15) is 22.4 Å². The van der Waals surface area contributed by atoms with E-state index in [1.165, 1.54) is 15.6 Å². The van der Waals surface area contributed by atoms with Gasteiger partial charge in [0.15, 0.2) is 5.82 Å². The lowest BCUT2D eigenvalue weighted by Gasteiger charge is -2.22. The third-order valence-corrected chi connectivity index (χ3v) is 11.6. The molecule has 0 aliphatic rings. The molecule has 10 nitrogen and oxygen atoms in total. The summed E-state index contributed by atoms with van der Waals surface area (Å²) in [4.78, 5) is 5.60. The highest BCUT2D eigenvalue weighted by Gasteiger charge is 2.34. The minimum absolute atomic E-state index is 0.205. The quantitative estimate of drug-likeness (QED) is 0.0960. The molecule has 0 fully saturated rings. The Morgan fingerprint density at radius 1 is 0.938 bits per heavy atom. The maximum Gasteiger partial charge on any atom is 0.277 e. The highest BCUT2D eigenvalue weighted by atomic mass is 32.2. The Balaban J connectivity index is 1.37. The van der Waals surface area contributed by atoms with Gasteiger partial charge in [0, 0.05) is 45.5 Å². The van der Waals surface area contributed by atoms with Crippen LogP contribution in [0.5, 0.6) is 0 Å². The van der Waals surface area contributed by atoms with Crippen LogP contribution in [0.25, 0.3) is 33.3 Å². The fraction of sp³-hybridized carbons (Fsp3) is 0.306. The van der Waals surface area contributed by atoms with Crippen molar-refractivity contribution in [2.24, 2.45) is 0 Å². The van der Waals surface area contributed by atoms with Gasteiger partial charge in [-0.1, -0.05) is 53.7 Å². The normalized spacial score (nSPS) is 11.9. The Hall–Kier alpha value is -4.36. The minimum atomic E-state index is -4.10. The molecular formula is C36H39N5O5S2. The Morgan fingerprint density at radius 2 is 1.71 bits per heavy atom. The Kier molecular flexibility index (Phi) is 9.53. The first kappa shape index (κ1) is 33.5. The van der Waals surface area contributed by atoms with Gasteiger partial charge in [-0.25, -0.2) is 12.7 Å². The van der Waals surface area contributed by atoms with Crippen LogP contribution in [0.1, 0.15) is 38.7 Å². The summed E-state index contributed by atoms with van der Waals surface area (Å²) in [6.45, 7) is 12.3. The van der Waals surface area contributed by atoms with Gasteiger partial charge < -0.3 is 14.0 Å². The van der Waals surface area contributed by atoms with Gasteiger partial charge in [0.2, 0.25) is 0 Å². The summed E-state index contributed by atoms with van der Waals surface area (Å²) in [5.41, 5.74) is 8.94. The van der Waals surface area contributed by atoms with Crippen molar-refractivity contribution >= 4 is 38.1 Å². The van der Waals surface area contributed by atoms with Gasteiger partial charge in [-0.15, -0.1) is 11.3 Å². The number of aryl methyl sites for hydroxylation is 5. The van der Waals surface area contributed by atoms with Crippen LogP contribution < -0.4 is 4.31 Å². The van der Waals surface area contributed by atoms with Crippen molar-refractivity contribution in [1.29, 1.82) is 0 Å². The van der Waals surface area contributed by atoms with Gasteiger partial charge in [-0.3, -0.25) is 9.67 Å². The highest BCUT2D eigenvalue weighted by Crippen LogP contribution is 2.40. The second kappa shape index (κ2) is 13.6. The fourth-order valence-corrected chi connectivity index (χ4v) is 8.98. The number of sulfonamides is 1. The zero-order valence-electron chi connectivity index (χ0n) is 28.2. The Labute approximate surface area is 285 Å². The number of benzene rings is 2. The van der Waals surface area contributed by atoms with Crippen molar-refractivity contribution in [1.82, 2.24) is 19.9 Å². The molecule has 4 aromatic heterocycles. The number of rotatable bonds is 12. The van der Waals surface area contributed by atoms with Gasteiger partial charge in [-0.05, 0) is 70.4 Å². The van der Waals surface area contributed by atoms with Gasteiger partial charge in [0.05, 0.1) is 25.3 Å². The summed E-state index contributed by atoms with van der Waals surface area (Å²) in [6, 6.07) is 20.3. The number of aromatic nitrogens is 4. The zero-order valence-corrected chi connectivity index (χ0v) is 29.8. The van der Waals surface area contributed by atoms with Crippen LogP contribution in [0.2, 0.25) is 0 Å². The first-order valence-electron chi connectivity index (χ1n) is 15.6. The third kappa shape index (κ3) is 6.40. The molecule has 0 N–H and O–H groups in total. The smallest absolute Gasteiger partial charge is 0.277 e. The van der Waals surface area contributed by atoms with Crippen LogP contribution in [0.15, 0.2) is 69.4 Å². The predicted octanol–water partition coefficient (Wildman–Crippen LogP) is 7.53. The number of thiophene rings is 1. The zero-order chi connectivity index (χ0) is 34.2. The molecule has 0 aliphatic heterocycles. The highest BCUT2D eigenvalue weighted by molar-refractivity contribution is 7.95. The lowest BCUT2D eigenvalue weighted by molar-refractivity contribution is 0.0753. The van der Waals surface area contributed by atoms with E-state index in [9.17, 15) is 8.42 Å². The van der Waals surface area contributed by atoms with E-state index >= 15 is 0 Å². The van der Waals surface area contributed by atoms with Crippen LogP contribution in [0.3, 0.4) is 0 Å². The van der Waals surface area contributed by atoms with E-state index < -0.39 is 10.0 Å². The molecular weight excluding hydrogens is 647 g/mol. The van der Waals surface area contributed by atoms with Crippen molar-refractivity contribution in [2.75, 3.05) is 31.4 Å². The lowest BCUT2D eigenvalue weighted by Crippen LogP contribution is -2.34. The molecule has 0 amide bonds. The largest absolute Gasteiger partial charge is 0.382 e. The minimum Gasteiger partial charge on any atom is -0.382 e. The van der Waals surface area contributed by atoms with Gasteiger partial charge in [0.25, 0.3) is 10.0 Å². The van der Waals surface area contributed by atoms with E-state index in [1.807, 2.05) is 68.8 Å². The number of fused-ring (bicyclic) bond motifs is 1. The van der Waals surface area contributed by atoms with Crippen LogP contribution >= 0.6 is 11.3 Å². The molecule has 2 aromatic carbocycles. The topological polar surface area (TPSA) is 113 Å². The van der Waals surface area contributed by atoms with Crippen molar-refractivity contribution in [3.05, 3.63) is 99.4 Å². The summed E-state index contributed by atoms with van der Waals surface area (Å²) in [5.74, 6) is 0.745. The number of pyridine rings is 1. The van der Waals surface area contributed by atoms with Gasteiger partial charge in [-0.2, -0.15) is 5.10 Å². The average Bonchev–Trinajstić information content (AvgIpc) is 3.73. The molecule has 0 bridgehead atoms. The van der Waals surface area contributed by atoms with E-state index in [0.717, 1.165) is 55.1 Å². The molecule has 0 unspecified atom stereocenters. The molecule has 0 saturated carbocycles. The molecule has 4 heterocycles. The first-order chi connectivity index (χ1) is 23.0. The summed E-state index contributed by atoms with van der Waals surface area (Å²) in [5, 5.41) is 10.2. The molecule has 6 aromatic rings. The second-order valence-corrected chi connectivity index (χ2v) is 15.2. The lowest BCUT2D eigenvalue weighted by atomic mass is 10.0. The van der Waals surface area contributed by atoms with Crippen LogP contribution in [0, 0.1) is 41.5 Å². The molecule has 0 saturated heterocycles. The van der Waals surface area contributed by atoms with E-state index in [0.29, 0.717) is 30.0 Å². The number of methoxy groups -OCH3 is 1. The van der Waals surface area contributed by atoms with Crippen LogP contribution in [-0.4, -0.2) is 55.4 Å². The Morgan fingerprint density at radius 3 is 2.40 bits per heavy atom. The summed E-state index contributed by atoms with van der Waals surface area (Å²) in [7, 11) is -2.53. The monoisotopic (exact) mass is 685 g/mol. The summed E-state index contributed by atoms with van der Waals surface area (Å²) < 4.78 is 48.4. The number of ether oxygens (including phenoxy) is 2. The molecule has 0 radical (unpaired) electrons. The summed E-state index contributed by atoms with van der Waals surface area (Å²) in [6.07, 6.45) is 0. The SMILES string of the molecule is COCCOCN(c1noc(C)c1C)S(=O)(=O)c1sc(C)cc1-c1ccc(Cn2nc(-c3ccccc3)c3c(C)nc(C)cc32)cc1C. The van der Waals surface area contributed by atoms with Crippen molar-refractivity contribution in [2.45, 2.75) is 52.3 Å². The van der Waals surface area contributed by atoms with Crippen molar-refractivity contribution < 1.29 is 22.4 Å². The third-order valence-electron chi connectivity index (χ3n) is 8.36. The molecule has 250 valence electrons. The Bertz CT molecular complexity index is 2200. The second-order valence-electron chi connectivity index (χ2n) is 11.9. The number of hydrogen-bond donors (Lipinski definition) is 0. The van der Waals surface area contributed by atoms with E-state index in [2.05, 4.69) is 29.4 Å². The average molecular weight is 686 g/mol. The molecule has 0 atom stereocenters. The predicted molar refractivity (Wildman–Crippen MR) is 189 cm³/mol. The summed E-state index contributed by atoms with van der Waals surface area (Å²) >= 11 is 1.23. The first-order valence-corrected chi connectivity index (χ1v) is 17.9. The maximum absolute atomic E-state index is 14.4. The standard InChI is InChI=1S/C36H39N5O5S2/c1-22-17-28(20-40-32-18-23(2)37-26(5)33(32)34(38-40)29-11-9-8-10-12-29)13-14-30(22)31-19-24(3)47-36(31)48(42,43)41(21-45-16-15-44-7)35-25(4)27(6)46-39-35/h8-14,17-19H,15-16,20-21H2,1-7H3. The molecule has 48 heavy (non-hydrogen) atoms. The van der Waals surface area contributed by atoms with Crippen LogP contribution in [0.4, 0.5) is 5.82 Å². The van der Waals surface area contributed by atoms with E-state index in [-0.39, 0.29) is 23.4 Å². The van der Waals surface area contributed by atoms with Crippen molar-refractivity contribution in [3.8, 4) is 22.4 Å².